The van der Waals surface area contributed by atoms with Gasteiger partial charge in [0, 0.05) is 0 Å². The van der Waals surface area contributed by atoms with E-state index in [-0.39, 0.29) is 29.6 Å². The molecule has 0 spiro atoms. The monoisotopic (exact) mass is 347 g/mol. The lowest BCUT2D eigenvalue weighted by Crippen LogP contribution is -2.33. The Morgan fingerprint density at radius 1 is 0.885 bits per heavy atom. The molecule has 3 aliphatic rings. The average molecular weight is 347 g/mol. The second-order valence-electron chi connectivity index (χ2n) is 7.65. The van der Waals surface area contributed by atoms with E-state index in [4.69, 9.17) is 4.74 Å². The van der Waals surface area contributed by atoms with E-state index in [1.54, 1.807) is 19.2 Å². The number of hydrogen-bond acceptors (Lipinski definition) is 3. The highest BCUT2D eigenvalue weighted by Gasteiger charge is 2.64. The minimum atomic E-state index is -0.184. The lowest BCUT2D eigenvalue weighted by Gasteiger charge is -2.28. The van der Waals surface area contributed by atoms with Gasteiger partial charge >= 0.3 is 0 Å². The number of nitrogens with zero attached hydrogens (tertiary/aromatic N) is 1. The van der Waals surface area contributed by atoms with Crippen LogP contribution in [0.1, 0.15) is 24.3 Å². The fourth-order valence-corrected chi connectivity index (χ4v) is 5.59. The lowest BCUT2D eigenvalue weighted by atomic mass is 9.73. The number of amides is 2. The normalized spacial score (nSPS) is 32.2. The van der Waals surface area contributed by atoms with Gasteiger partial charge in [0.05, 0.1) is 24.6 Å². The topological polar surface area (TPSA) is 46.6 Å². The van der Waals surface area contributed by atoms with E-state index in [0.29, 0.717) is 23.3 Å². The highest BCUT2D eigenvalue weighted by molar-refractivity contribution is 6.23. The third-order valence-electron chi connectivity index (χ3n) is 6.57. The van der Waals surface area contributed by atoms with Crippen LogP contribution in [-0.4, -0.2) is 18.9 Å². The number of ether oxygens (including phenoxy) is 1. The van der Waals surface area contributed by atoms with E-state index in [9.17, 15) is 9.59 Å². The van der Waals surface area contributed by atoms with Gasteiger partial charge in [-0.3, -0.25) is 9.59 Å². The van der Waals surface area contributed by atoms with Gasteiger partial charge in [-0.15, -0.1) is 0 Å². The summed E-state index contributed by atoms with van der Waals surface area (Å²) in [5.41, 5.74) is 1.88. The predicted molar refractivity (Wildman–Crippen MR) is 97.9 cm³/mol. The molecule has 0 unspecified atom stereocenters. The molecule has 5 atom stereocenters. The molecule has 5 rings (SSSR count). The molecule has 2 amide bonds. The van der Waals surface area contributed by atoms with Crippen molar-refractivity contribution >= 4 is 17.5 Å². The number of carbonyl (C=O) groups is 2. The number of rotatable bonds is 3. The molecule has 4 heteroatoms. The summed E-state index contributed by atoms with van der Waals surface area (Å²) >= 11 is 0. The fraction of sp³-hybridized carbons (Fsp3) is 0.364. The van der Waals surface area contributed by atoms with Crippen molar-refractivity contribution in [3.63, 3.8) is 0 Å². The van der Waals surface area contributed by atoms with Crippen LogP contribution in [-0.2, 0) is 9.59 Å². The number of benzene rings is 2. The first-order valence-electron chi connectivity index (χ1n) is 9.26. The molecule has 0 aromatic heterocycles. The van der Waals surface area contributed by atoms with Crippen LogP contribution in [0, 0.1) is 23.7 Å². The van der Waals surface area contributed by atoms with Gasteiger partial charge in [-0.1, -0.05) is 42.5 Å². The highest BCUT2D eigenvalue weighted by Crippen LogP contribution is 2.62. The molecular formula is C22H21NO3. The van der Waals surface area contributed by atoms with Crippen LogP contribution in [0.2, 0.25) is 0 Å². The maximum absolute atomic E-state index is 13.3. The van der Waals surface area contributed by atoms with Gasteiger partial charge in [0.1, 0.15) is 5.75 Å². The van der Waals surface area contributed by atoms with E-state index in [0.717, 1.165) is 12.8 Å². The van der Waals surface area contributed by atoms with Gasteiger partial charge in [-0.2, -0.15) is 0 Å². The molecule has 1 aliphatic heterocycles. The Hall–Kier alpha value is -2.62. The molecule has 0 radical (unpaired) electrons. The van der Waals surface area contributed by atoms with E-state index in [1.807, 2.05) is 18.2 Å². The van der Waals surface area contributed by atoms with Crippen molar-refractivity contribution in [3.8, 4) is 5.75 Å². The molecule has 2 aliphatic carbocycles. The summed E-state index contributed by atoms with van der Waals surface area (Å²) in [6.07, 6.45) is 2.00. The molecule has 2 saturated carbocycles. The zero-order valence-corrected chi connectivity index (χ0v) is 14.7. The first kappa shape index (κ1) is 15.6. The minimum absolute atomic E-state index is 0.0384. The molecule has 3 fully saturated rings. The van der Waals surface area contributed by atoms with Crippen molar-refractivity contribution < 1.29 is 14.3 Å². The number of methoxy groups -OCH3 is 1. The van der Waals surface area contributed by atoms with E-state index in [2.05, 4.69) is 24.3 Å². The van der Waals surface area contributed by atoms with Crippen molar-refractivity contribution in [1.82, 2.24) is 0 Å². The Morgan fingerprint density at radius 2 is 1.58 bits per heavy atom. The second-order valence-corrected chi connectivity index (χ2v) is 7.65. The summed E-state index contributed by atoms with van der Waals surface area (Å²) < 4.78 is 5.39. The van der Waals surface area contributed by atoms with Crippen LogP contribution in [0.3, 0.4) is 0 Å². The quantitative estimate of drug-likeness (QED) is 0.797. The van der Waals surface area contributed by atoms with Crippen LogP contribution >= 0.6 is 0 Å². The molecule has 1 saturated heterocycles. The molecular weight excluding hydrogens is 326 g/mol. The number of imide groups is 1. The molecule has 26 heavy (non-hydrogen) atoms. The number of hydrogen-bond donors (Lipinski definition) is 0. The lowest BCUT2D eigenvalue weighted by molar-refractivity contribution is -0.123. The van der Waals surface area contributed by atoms with Crippen LogP contribution in [0.4, 0.5) is 5.69 Å². The van der Waals surface area contributed by atoms with Crippen molar-refractivity contribution in [2.45, 2.75) is 18.8 Å². The summed E-state index contributed by atoms with van der Waals surface area (Å²) in [6, 6.07) is 17.7. The number of fused-ring (bicyclic) bond motifs is 5. The van der Waals surface area contributed by atoms with Crippen LogP contribution in [0.15, 0.2) is 54.6 Å². The summed E-state index contributed by atoms with van der Waals surface area (Å²) in [5, 5.41) is 0. The second kappa shape index (κ2) is 5.70. The summed E-state index contributed by atoms with van der Waals surface area (Å²) in [4.78, 5) is 27.8. The average Bonchev–Trinajstić information content (AvgIpc) is 3.34. The first-order valence-corrected chi connectivity index (χ1v) is 9.26. The third kappa shape index (κ3) is 2.02. The van der Waals surface area contributed by atoms with Gasteiger partial charge in [0.25, 0.3) is 0 Å². The third-order valence-corrected chi connectivity index (χ3v) is 6.57. The van der Waals surface area contributed by atoms with Crippen molar-refractivity contribution in [2.75, 3.05) is 12.0 Å². The number of carbonyl (C=O) groups excluding carboxylic acids is 2. The van der Waals surface area contributed by atoms with E-state index < -0.39 is 0 Å². The van der Waals surface area contributed by atoms with Crippen LogP contribution < -0.4 is 9.64 Å². The van der Waals surface area contributed by atoms with Gasteiger partial charge in [0.2, 0.25) is 11.8 Å². The van der Waals surface area contributed by atoms with Gasteiger partial charge < -0.3 is 4.74 Å². The largest absolute Gasteiger partial charge is 0.495 e. The predicted octanol–water partition coefficient (Wildman–Crippen LogP) is 3.62. The molecule has 132 valence electrons. The smallest absolute Gasteiger partial charge is 0.238 e. The Morgan fingerprint density at radius 3 is 2.35 bits per heavy atom. The Kier molecular flexibility index (Phi) is 3.42. The molecule has 2 bridgehead atoms. The van der Waals surface area contributed by atoms with Gasteiger partial charge in [-0.25, -0.2) is 4.90 Å². The number of anilines is 1. The summed E-state index contributed by atoms with van der Waals surface area (Å²) in [6.45, 7) is 0. The zero-order valence-electron chi connectivity index (χ0n) is 14.7. The highest BCUT2D eigenvalue weighted by atomic mass is 16.5. The SMILES string of the molecule is COc1ccccc1N1C(=O)[C@@H]2[C@@H]3C[C@@H]([C@@H]2C1=O)[C@H](c1ccccc1)C3. The summed E-state index contributed by atoms with van der Waals surface area (Å²) in [5.74, 6) is 1.11. The molecule has 4 nitrogen and oxygen atoms in total. The Balaban J connectivity index is 1.51. The van der Waals surface area contributed by atoms with Crippen molar-refractivity contribution in [1.29, 1.82) is 0 Å². The fourth-order valence-electron chi connectivity index (χ4n) is 5.59. The number of para-hydroxylation sites is 2. The van der Waals surface area contributed by atoms with Crippen LogP contribution in [0.5, 0.6) is 5.75 Å². The van der Waals surface area contributed by atoms with Crippen LogP contribution in [0.25, 0.3) is 0 Å². The van der Waals surface area contributed by atoms with Crippen molar-refractivity contribution in [3.05, 3.63) is 60.2 Å². The molecule has 2 aromatic rings. The van der Waals surface area contributed by atoms with E-state index >= 15 is 0 Å². The minimum Gasteiger partial charge on any atom is -0.495 e. The molecule has 0 N–H and O–H groups in total. The first-order chi connectivity index (χ1) is 12.7. The Labute approximate surface area is 152 Å². The zero-order chi connectivity index (χ0) is 17.8. The summed E-state index contributed by atoms with van der Waals surface area (Å²) in [7, 11) is 1.57. The van der Waals surface area contributed by atoms with E-state index in [1.165, 1.54) is 10.5 Å². The van der Waals surface area contributed by atoms with Gasteiger partial charge in [0.15, 0.2) is 0 Å². The standard InChI is InChI=1S/C22H21NO3/c1-26-18-10-6-5-9-17(18)23-21(24)19-14-11-15(13-7-3-2-4-8-13)16(12-14)20(19)22(23)25/h2-10,14-16,19-20H,11-12H2,1H3/t14-,15-,16+,19+,20-/m0/s1. The molecule has 1 heterocycles. The van der Waals surface area contributed by atoms with Crippen molar-refractivity contribution in [2.24, 2.45) is 23.7 Å². The van der Waals surface area contributed by atoms with Gasteiger partial charge in [-0.05, 0) is 48.3 Å². The maximum Gasteiger partial charge on any atom is 0.238 e. The molecule has 2 aromatic carbocycles. The Bertz CT molecular complexity index is 878. The maximum atomic E-state index is 13.3.